The third-order valence-corrected chi connectivity index (χ3v) is 6.91. The fraction of sp³-hybridized carbons (Fsp3) is 0.458. The number of benzene rings is 1. The maximum atomic E-state index is 13.3. The van der Waals surface area contributed by atoms with E-state index in [-0.39, 0.29) is 5.69 Å². The Labute approximate surface area is 195 Å². The third kappa shape index (κ3) is 4.04. The number of likely N-dealkylation sites (tertiary alicyclic amines) is 1. The molecule has 0 atom stereocenters. The highest BCUT2D eigenvalue weighted by Gasteiger charge is 2.47. The van der Waals surface area contributed by atoms with Gasteiger partial charge in [-0.25, -0.2) is 4.85 Å². The Hall–Kier alpha value is -3.34. The second-order valence-electron chi connectivity index (χ2n) is 9.09. The van der Waals surface area contributed by atoms with Crippen LogP contribution < -0.4 is 10.6 Å². The second kappa shape index (κ2) is 8.46. The van der Waals surface area contributed by atoms with Crippen LogP contribution in [0.2, 0.25) is 0 Å². The van der Waals surface area contributed by atoms with Crippen LogP contribution in [-0.4, -0.2) is 52.8 Å². The number of rotatable bonds is 4. The van der Waals surface area contributed by atoms with Gasteiger partial charge >= 0.3 is 6.18 Å². The molecular weight excluding hydrogens is 445 g/mol. The summed E-state index contributed by atoms with van der Waals surface area (Å²) in [5.41, 5.74) is -1.81. The Balaban J connectivity index is 1.28. The van der Waals surface area contributed by atoms with Gasteiger partial charge in [0.2, 0.25) is 0 Å². The van der Waals surface area contributed by atoms with Crippen molar-refractivity contribution < 1.29 is 18.0 Å². The van der Waals surface area contributed by atoms with E-state index in [4.69, 9.17) is 6.57 Å². The first-order valence-electron chi connectivity index (χ1n) is 11.2. The monoisotopic (exact) mass is 468 g/mol. The Bertz CT molecular complexity index is 1200. The van der Waals surface area contributed by atoms with Crippen LogP contribution in [0.3, 0.4) is 0 Å². The fourth-order valence-corrected chi connectivity index (χ4v) is 4.50. The molecule has 176 valence electrons. The Kier molecular flexibility index (Phi) is 5.59. The summed E-state index contributed by atoms with van der Waals surface area (Å²) in [7, 11) is 0. The molecule has 0 unspecified atom stereocenters. The first kappa shape index (κ1) is 22.5. The van der Waals surface area contributed by atoms with Gasteiger partial charge in [0.1, 0.15) is 5.54 Å². The van der Waals surface area contributed by atoms with Crippen molar-refractivity contribution in [2.75, 3.05) is 31.5 Å². The molecule has 10 heteroatoms. The van der Waals surface area contributed by atoms with E-state index in [1.54, 1.807) is 17.1 Å². The highest BCUT2D eigenvalue weighted by Crippen LogP contribution is 2.41. The first-order chi connectivity index (χ1) is 16.3. The number of amides is 1. The minimum absolute atomic E-state index is 0.000582. The van der Waals surface area contributed by atoms with Crippen LogP contribution in [0.15, 0.2) is 30.6 Å². The molecule has 5 rings (SSSR count). The van der Waals surface area contributed by atoms with Crippen molar-refractivity contribution in [2.24, 2.45) is 5.92 Å². The van der Waals surface area contributed by atoms with Crippen molar-refractivity contribution in [3.8, 4) is 11.8 Å². The first-order valence-corrected chi connectivity index (χ1v) is 11.2. The van der Waals surface area contributed by atoms with Gasteiger partial charge in [-0.15, -0.1) is 0 Å². The molecular formula is C24H23F3N6O. The number of carbonyl (C=O) groups excluding carboxylic acids is 1. The SMILES string of the molecule is [C-]#[N+]c1ccc(NC(=O)C2(n3cc(C#CC4CN(C5CNC5)C4)cn3)CCC2)cc1C(F)(F)F. The molecule has 0 bridgehead atoms. The van der Waals surface area contributed by atoms with Gasteiger partial charge in [0.25, 0.3) is 5.91 Å². The highest BCUT2D eigenvalue weighted by atomic mass is 19.4. The van der Waals surface area contributed by atoms with E-state index < -0.39 is 28.9 Å². The summed E-state index contributed by atoms with van der Waals surface area (Å²) < 4.78 is 41.4. The van der Waals surface area contributed by atoms with E-state index in [1.807, 2.05) is 0 Å². The second-order valence-corrected chi connectivity index (χ2v) is 9.09. The van der Waals surface area contributed by atoms with Crippen LogP contribution in [0.25, 0.3) is 4.85 Å². The molecule has 2 aliphatic heterocycles. The fourth-order valence-electron chi connectivity index (χ4n) is 4.50. The van der Waals surface area contributed by atoms with Gasteiger partial charge in [-0.2, -0.15) is 18.3 Å². The van der Waals surface area contributed by atoms with E-state index in [0.29, 0.717) is 30.4 Å². The summed E-state index contributed by atoms with van der Waals surface area (Å²) in [5, 5.41) is 10.2. The van der Waals surface area contributed by atoms with Crippen molar-refractivity contribution in [3.05, 3.63) is 53.1 Å². The van der Waals surface area contributed by atoms with Crippen LogP contribution in [0.5, 0.6) is 0 Å². The summed E-state index contributed by atoms with van der Waals surface area (Å²) in [6.45, 7) is 11.0. The molecule has 1 saturated carbocycles. The van der Waals surface area contributed by atoms with E-state index >= 15 is 0 Å². The number of carbonyl (C=O) groups is 1. The molecule has 1 aromatic carbocycles. The molecule has 1 aromatic heterocycles. The zero-order chi connectivity index (χ0) is 23.9. The van der Waals surface area contributed by atoms with Gasteiger partial charge in [-0.3, -0.25) is 14.4 Å². The molecule has 2 saturated heterocycles. The largest absolute Gasteiger partial charge is 0.407 e. The molecule has 0 radical (unpaired) electrons. The lowest BCUT2D eigenvalue weighted by Crippen LogP contribution is -2.63. The molecule has 1 amide bonds. The quantitative estimate of drug-likeness (QED) is 0.534. The number of anilines is 1. The maximum absolute atomic E-state index is 13.3. The minimum Gasteiger partial charge on any atom is -0.324 e. The average molecular weight is 468 g/mol. The molecule has 7 nitrogen and oxygen atoms in total. The van der Waals surface area contributed by atoms with E-state index in [9.17, 15) is 18.0 Å². The van der Waals surface area contributed by atoms with Crippen LogP contribution in [0, 0.1) is 24.3 Å². The smallest absolute Gasteiger partial charge is 0.324 e. The minimum atomic E-state index is -4.68. The number of nitrogens with zero attached hydrogens (tertiary/aromatic N) is 4. The number of hydrogen-bond donors (Lipinski definition) is 2. The highest BCUT2D eigenvalue weighted by molar-refractivity contribution is 5.97. The zero-order valence-corrected chi connectivity index (χ0v) is 18.3. The normalized spacial score (nSPS) is 20.2. The zero-order valence-electron chi connectivity index (χ0n) is 18.3. The lowest BCUT2D eigenvalue weighted by Gasteiger charge is -2.46. The van der Waals surface area contributed by atoms with Crippen LogP contribution >= 0.6 is 0 Å². The maximum Gasteiger partial charge on any atom is 0.407 e. The summed E-state index contributed by atoms with van der Waals surface area (Å²) in [6, 6.07) is 3.82. The number of nitrogens with one attached hydrogen (secondary N) is 2. The van der Waals surface area contributed by atoms with Crippen molar-refractivity contribution in [1.29, 1.82) is 0 Å². The molecule has 34 heavy (non-hydrogen) atoms. The molecule has 2 aromatic rings. The number of hydrogen-bond acceptors (Lipinski definition) is 4. The summed E-state index contributed by atoms with van der Waals surface area (Å²) in [6.07, 6.45) is 0.558. The molecule has 0 spiro atoms. The summed E-state index contributed by atoms with van der Waals surface area (Å²) >= 11 is 0. The van der Waals surface area contributed by atoms with Crippen molar-refractivity contribution in [2.45, 2.75) is 37.0 Å². The van der Waals surface area contributed by atoms with Gasteiger partial charge in [0.15, 0.2) is 5.69 Å². The standard InChI is InChI=1S/C24H23F3N6O/c1-28-21-6-5-18(9-20(21)24(25,26)27)31-22(34)23(7-2-8-23)33-15-16(10-30-33)3-4-17-13-32(14-17)19-11-29-12-19/h5-6,9-10,15,17,19,29H,2,7-8,11-14H2,(H,31,34). The van der Waals surface area contributed by atoms with Crippen molar-refractivity contribution in [3.63, 3.8) is 0 Å². The Morgan fingerprint density at radius 1 is 1.29 bits per heavy atom. The molecule has 3 aliphatic rings. The number of aromatic nitrogens is 2. The summed E-state index contributed by atoms with van der Waals surface area (Å²) in [5.74, 6) is 6.32. The topological polar surface area (TPSA) is 66.6 Å². The van der Waals surface area contributed by atoms with Crippen LogP contribution in [-0.2, 0) is 16.5 Å². The van der Waals surface area contributed by atoms with E-state index in [2.05, 4.69) is 37.3 Å². The predicted octanol–water partition coefficient (Wildman–Crippen LogP) is 3.23. The van der Waals surface area contributed by atoms with Crippen molar-refractivity contribution in [1.82, 2.24) is 20.0 Å². The molecule has 2 N–H and O–H groups in total. The molecule has 1 aliphatic carbocycles. The van der Waals surface area contributed by atoms with Gasteiger partial charge in [0.05, 0.1) is 23.9 Å². The van der Waals surface area contributed by atoms with Gasteiger partial charge in [-0.1, -0.05) is 17.9 Å². The Morgan fingerprint density at radius 3 is 2.65 bits per heavy atom. The van der Waals surface area contributed by atoms with Crippen molar-refractivity contribution >= 4 is 17.3 Å². The average Bonchev–Trinajstić information content (AvgIpc) is 3.15. The number of alkyl halides is 3. The van der Waals surface area contributed by atoms with Gasteiger partial charge in [-0.05, 0) is 31.4 Å². The van der Waals surface area contributed by atoms with E-state index in [0.717, 1.165) is 44.7 Å². The number of halogens is 3. The summed E-state index contributed by atoms with van der Waals surface area (Å²) in [4.78, 5) is 18.5. The van der Waals surface area contributed by atoms with Gasteiger partial charge < -0.3 is 10.6 Å². The van der Waals surface area contributed by atoms with Crippen LogP contribution in [0.1, 0.15) is 30.4 Å². The molecule has 3 heterocycles. The lowest BCUT2D eigenvalue weighted by atomic mass is 9.76. The predicted molar refractivity (Wildman–Crippen MR) is 119 cm³/mol. The van der Waals surface area contributed by atoms with Crippen LogP contribution in [0.4, 0.5) is 24.5 Å². The third-order valence-electron chi connectivity index (χ3n) is 6.91. The lowest BCUT2D eigenvalue weighted by molar-refractivity contribution is -0.137. The molecule has 3 fully saturated rings. The van der Waals surface area contributed by atoms with Gasteiger partial charge in [0, 0.05) is 50.0 Å². The Morgan fingerprint density at radius 2 is 2.06 bits per heavy atom. The van der Waals surface area contributed by atoms with E-state index in [1.165, 1.54) is 6.07 Å².